The molecule has 0 saturated carbocycles. The van der Waals surface area contributed by atoms with Crippen molar-refractivity contribution in [2.24, 2.45) is 0 Å². The number of carboxylic acid groups (broad SMARTS) is 1. The predicted molar refractivity (Wildman–Crippen MR) is 67.4 cm³/mol. The van der Waals surface area contributed by atoms with Crippen LogP contribution in [0.15, 0.2) is 42.5 Å². The third kappa shape index (κ3) is 3.51. The maximum Gasteiger partial charge on any atom is 0.307 e. The summed E-state index contributed by atoms with van der Waals surface area (Å²) in [7, 11) is 0. The van der Waals surface area contributed by atoms with Crippen LogP contribution in [0.4, 0.5) is 20.2 Å². The molecule has 0 spiro atoms. The van der Waals surface area contributed by atoms with Crippen molar-refractivity contribution in [3.8, 4) is 0 Å². The minimum absolute atomic E-state index is 0.209. The number of nitrogens with one attached hydrogen (secondary N) is 1. The minimum Gasteiger partial charge on any atom is -0.481 e. The molecule has 0 aromatic heterocycles. The van der Waals surface area contributed by atoms with E-state index in [0.717, 1.165) is 0 Å². The fourth-order valence-electron chi connectivity index (χ4n) is 1.63. The summed E-state index contributed by atoms with van der Waals surface area (Å²) in [6.45, 7) is 0. The molecule has 0 aliphatic carbocycles. The first kappa shape index (κ1) is 13.0. The van der Waals surface area contributed by atoms with Crippen molar-refractivity contribution in [2.45, 2.75) is 6.42 Å². The van der Waals surface area contributed by atoms with Crippen molar-refractivity contribution < 1.29 is 18.7 Å². The molecule has 0 bridgehead atoms. The van der Waals surface area contributed by atoms with Crippen molar-refractivity contribution >= 4 is 17.3 Å². The van der Waals surface area contributed by atoms with Gasteiger partial charge in [-0.15, -0.1) is 0 Å². The number of carbonyl (C=O) groups is 1. The van der Waals surface area contributed by atoms with Crippen LogP contribution >= 0.6 is 0 Å². The summed E-state index contributed by atoms with van der Waals surface area (Å²) in [5.74, 6) is -1.94. The van der Waals surface area contributed by atoms with Crippen LogP contribution in [0.2, 0.25) is 0 Å². The van der Waals surface area contributed by atoms with Crippen LogP contribution < -0.4 is 5.32 Å². The van der Waals surface area contributed by atoms with Crippen LogP contribution in [0.3, 0.4) is 0 Å². The van der Waals surface area contributed by atoms with Gasteiger partial charge in [-0.3, -0.25) is 4.79 Å². The van der Waals surface area contributed by atoms with Gasteiger partial charge in [0.2, 0.25) is 0 Å². The lowest BCUT2D eigenvalue weighted by molar-refractivity contribution is -0.136. The number of benzene rings is 2. The third-order valence-corrected chi connectivity index (χ3v) is 2.51. The van der Waals surface area contributed by atoms with Crippen LogP contribution in [-0.2, 0) is 11.2 Å². The van der Waals surface area contributed by atoms with E-state index >= 15 is 0 Å². The molecule has 2 rings (SSSR count). The van der Waals surface area contributed by atoms with Gasteiger partial charge < -0.3 is 10.4 Å². The average Bonchev–Trinajstić information content (AvgIpc) is 2.34. The van der Waals surface area contributed by atoms with Gasteiger partial charge in [0.05, 0.1) is 12.1 Å². The molecule has 19 heavy (non-hydrogen) atoms. The lowest BCUT2D eigenvalue weighted by Gasteiger charge is -2.08. The Morgan fingerprint density at radius 3 is 2.37 bits per heavy atom. The summed E-state index contributed by atoms with van der Waals surface area (Å²) in [5.41, 5.74) is 1.14. The summed E-state index contributed by atoms with van der Waals surface area (Å²) < 4.78 is 26.5. The first-order chi connectivity index (χ1) is 9.04. The number of hydrogen-bond donors (Lipinski definition) is 2. The minimum atomic E-state index is -1.02. The molecule has 3 nitrogen and oxygen atoms in total. The van der Waals surface area contributed by atoms with Crippen LogP contribution in [-0.4, -0.2) is 11.1 Å². The smallest absolute Gasteiger partial charge is 0.307 e. The molecule has 0 heterocycles. The van der Waals surface area contributed by atoms with Gasteiger partial charge in [0.25, 0.3) is 0 Å². The number of hydrogen-bond acceptors (Lipinski definition) is 2. The predicted octanol–water partition coefficient (Wildman–Crippen LogP) is 3.34. The molecule has 2 N–H and O–H groups in total. The highest BCUT2D eigenvalue weighted by molar-refractivity contribution is 5.71. The molecule has 0 atom stereocenters. The highest BCUT2D eigenvalue weighted by Gasteiger charge is 2.06. The van der Waals surface area contributed by atoms with Gasteiger partial charge in [0.1, 0.15) is 11.6 Å². The maximum atomic E-state index is 13.7. The second kappa shape index (κ2) is 5.48. The highest BCUT2D eigenvalue weighted by atomic mass is 19.1. The molecule has 2 aromatic carbocycles. The zero-order valence-corrected chi connectivity index (χ0v) is 9.86. The first-order valence-electron chi connectivity index (χ1n) is 5.57. The van der Waals surface area contributed by atoms with E-state index in [2.05, 4.69) is 5.32 Å². The van der Waals surface area contributed by atoms with E-state index < -0.39 is 11.8 Å². The zero-order valence-electron chi connectivity index (χ0n) is 9.86. The molecule has 0 radical (unpaired) electrons. The van der Waals surface area contributed by atoms with Crippen molar-refractivity contribution in [1.82, 2.24) is 0 Å². The van der Waals surface area contributed by atoms with Crippen LogP contribution in [0.1, 0.15) is 5.56 Å². The molecular formula is C14H11F2NO2. The van der Waals surface area contributed by atoms with Crippen molar-refractivity contribution in [2.75, 3.05) is 5.32 Å². The van der Waals surface area contributed by atoms with E-state index in [1.54, 1.807) is 0 Å². The van der Waals surface area contributed by atoms with Crippen LogP contribution in [0.25, 0.3) is 0 Å². The Balaban J connectivity index is 2.17. The van der Waals surface area contributed by atoms with E-state index in [1.165, 1.54) is 42.5 Å². The molecule has 0 aliphatic heterocycles. The molecule has 0 aliphatic rings. The second-order valence-electron chi connectivity index (χ2n) is 4.02. The fraction of sp³-hybridized carbons (Fsp3) is 0.0714. The van der Waals surface area contributed by atoms with Gasteiger partial charge in [-0.25, -0.2) is 8.78 Å². The first-order valence-corrected chi connectivity index (χ1v) is 5.57. The monoisotopic (exact) mass is 263 g/mol. The van der Waals surface area contributed by atoms with E-state index in [0.29, 0.717) is 11.3 Å². The summed E-state index contributed by atoms with van der Waals surface area (Å²) in [6, 6.07) is 9.65. The topological polar surface area (TPSA) is 49.3 Å². The molecule has 0 fully saturated rings. The molecule has 98 valence electrons. The number of aliphatic carboxylic acids is 1. The average molecular weight is 263 g/mol. The van der Waals surface area contributed by atoms with Gasteiger partial charge in [-0.05, 0) is 42.0 Å². The Labute approximate surface area is 108 Å². The zero-order chi connectivity index (χ0) is 13.8. The van der Waals surface area contributed by atoms with Gasteiger partial charge in [0, 0.05) is 5.69 Å². The summed E-state index contributed by atoms with van der Waals surface area (Å²) in [4.78, 5) is 10.5. The maximum absolute atomic E-state index is 13.7. The fourth-order valence-corrected chi connectivity index (χ4v) is 1.63. The normalized spacial score (nSPS) is 10.2. The second-order valence-corrected chi connectivity index (χ2v) is 4.02. The van der Waals surface area contributed by atoms with Crippen LogP contribution in [0.5, 0.6) is 0 Å². The summed E-state index contributed by atoms with van der Waals surface area (Å²) in [5, 5.41) is 11.4. The van der Waals surface area contributed by atoms with E-state index in [-0.39, 0.29) is 17.9 Å². The molecule has 0 unspecified atom stereocenters. The molecule has 0 amide bonds. The van der Waals surface area contributed by atoms with Gasteiger partial charge in [0.15, 0.2) is 0 Å². The Bertz CT molecular complexity index is 597. The number of anilines is 2. The molecule has 5 heteroatoms. The Morgan fingerprint density at radius 1 is 1.11 bits per heavy atom. The Kier molecular flexibility index (Phi) is 3.75. The van der Waals surface area contributed by atoms with Crippen LogP contribution in [0, 0.1) is 11.6 Å². The lowest BCUT2D eigenvalue weighted by Crippen LogP contribution is -2.01. The highest BCUT2D eigenvalue weighted by Crippen LogP contribution is 2.21. The van der Waals surface area contributed by atoms with Crippen molar-refractivity contribution in [3.63, 3.8) is 0 Å². The largest absolute Gasteiger partial charge is 0.481 e. The standard InChI is InChI=1S/C14H11F2NO2/c15-10-2-4-11(5-3-10)17-13-6-1-9(7-12(13)16)8-14(18)19/h1-7,17H,8H2,(H,18,19). The quantitative estimate of drug-likeness (QED) is 0.889. The number of rotatable bonds is 4. The number of carboxylic acids is 1. The molecule has 2 aromatic rings. The molecular weight excluding hydrogens is 252 g/mol. The summed E-state index contributed by atoms with van der Waals surface area (Å²) in [6.07, 6.45) is -0.228. The van der Waals surface area contributed by atoms with Gasteiger partial charge in [-0.2, -0.15) is 0 Å². The van der Waals surface area contributed by atoms with E-state index in [9.17, 15) is 13.6 Å². The van der Waals surface area contributed by atoms with Crippen molar-refractivity contribution in [1.29, 1.82) is 0 Å². The van der Waals surface area contributed by atoms with E-state index in [4.69, 9.17) is 5.11 Å². The lowest BCUT2D eigenvalue weighted by atomic mass is 10.1. The van der Waals surface area contributed by atoms with Crippen molar-refractivity contribution in [3.05, 3.63) is 59.7 Å². The Hall–Kier alpha value is -2.43. The van der Waals surface area contributed by atoms with Gasteiger partial charge in [-0.1, -0.05) is 6.07 Å². The Morgan fingerprint density at radius 2 is 1.79 bits per heavy atom. The SMILES string of the molecule is O=C(O)Cc1ccc(Nc2ccc(F)cc2)c(F)c1. The third-order valence-electron chi connectivity index (χ3n) is 2.51. The summed E-state index contributed by atoms with van der Waals surface area (Å²) >= 11 is 0. The van der Waals surface area contributed by atoms with E-state index in [1.807, 2.05) is 0 Å². The van der Waals surface area contributed by atoms with Gasteiger partial charge >= 0.3 is 5.97 Å². The molecule has 0 saturated heterocycles. The number of halogens is 2.